The van der Waals surface area contributed by atoms with Crippen molar-refractivity contribution < 1.29 is 69.3 Å². The Labute approximate surface area is 279 Å². The van der Waals surface area contributed by atoms with Crippen LogP contribution in [0.25, 0.3) is 0 Å². The van der Waals surface area contributed by atoms with Crippen LogP contribution in [-0.4, -0.2) is 185 Å². The van der Waals surface area contributed by atoms with Gasteiger partial charge in [-0.1, -0.05) is 0 Å². The molecule has 1 saturated carbocycles. The van der Waals surface area contributed by atoms with E-state index < -0.39 is 110 Å². The standard InChI is InChI=1S/C29H57N5O14/c30-7-17-21(40)22(41)19(33)28(44-17)47-25-18(11-38)45-29(23(25)42)48-26-20(39)13(5-12(9-36)10-37)6-16(32)24(26)46-27-15(31)2-1-14(43-27)8-34-3-4-35/h12-29,34-42H,1-11,30-33H2/t13-,14+,15-,16+,17+,18-,19-,20+,21-,22-,23-,24-,25-,26-,27-,28-,29+/m1/s1. The van der Waals surface area contributed by atoms with E-state index in [4.69, 9.17) is 56.5 Å². The smallest absolute Gasteiger partial charge is 0.187 e. The minimum atomic E-state index is -1.58. The van der Waals surface area contributed by atoms with Crippen LogP contribution >= 0.6 is 0 Å². The molecule has 0 bridgehead atoms. The fraction of sp³-hybridized carbons (Fsp3) is 1.00. The highest BCUT2D eigenvalue weighted by molar-refractivity contribution is 5.00. The Bertz CT molecular complexity index is 945. The van der Waals surface area contributed by atoms with Gasteiger partial charge in [0, 0.05) is 44.8 Å². The molecule has 4 aliphatic rings. The van der Waals surface area contributed by atoms with Gasteiger partial charge >= 0.3 is 0 Å². The first-order chi connectivity index (χ1) is 23.0. The molecule has 0 spiro atoms. The van der Waals surface area contributed by atoms with Gasteiger partial charge < -0.3 is 97.5 Å². The Hall–Kier alpha value is -0.760. The molecular weight excluding hydrogens is 642 g/mol. The third-order valence-electron chi connectivity index (χ3n) is 9.78. The molecule has 0 radical (unpaired) electrons. The zero-order valence-corrected chi connectivity index (χ0v) is 27.0. The van der Waals surface area contributed by atoms with Crippen molar-refractivity contribution in [1.29, 1.82) is 0 Å². The van der Waals surface area contributed by atoms with Crippen LogP contribution in [0.2, 0.25) is 0 Å². The second-order valence-corrected chi connectivity index (χ2v) is 13.3. The van der Waals surface area contributed by atoms with E-state index in [0.717, 1.165) is 0 Å². The molecule has 17 atom stereocenters. The van der Waals surface area contributed by atoms with Crippen LogP contribution in [0.3, 0.4) is 0 Å². The number of aliphatic hydroxyl groups excluding tert-OH is 8. The van der Waals surface area contributed by atoms with Crippen molar-refractivity contribution in [2.75, 3.05) is 46.1 Å². The highest BCUT2D eigenvalue weighted by atomic mass is 16.8. The summed E-state index contributed by atoms with van der Waals surface area (Å²) in [5.74, 6) is -1.09. The number of aliphatic hydroxyl groups is 8. The normalized spacial score (nSPS) is 45.6. The summed E-state index contributed by atoms with van der Waals surface area (Å²) in [5.41, 5.74) is 24.7. The minimum absolute atomic E-state index is 0.0352. The van der Waals surface area contributed by atoms with Crippen molar-refractivity contribution in [3.05, 3.63) is 0 Å². The predicted molar refractivity (Wildman–Crippen MR) is 164 cm³/mol. The molecule has 282 valence electrons. The lowest BCUT2D eigenvalue weighted by Crippen LogP contribution is -2.64. The van der Waals surface area contributed by atoms with E-state index in [1.54, 1.807) is 0 Å². The van der Waals surface area contributed by atoms with E-state index in [2.05, 4.69) is 5.32 Å². The zero-order valence-electron chi connectivity index (χ0n) is 27.0. The lowest BCUT2D eigenvalue weighted by molar-refractivity contribution is -0.293. The first-order valence-electron chi connectivity index (χ1n) is 16.7. The van der Waals surface area contributed by atoms with Crippen molar-refractivity contribution in [3.63, 3.8) is 0 Å². The summed E-state index contributed by atoms with van der Waals surface area (Å²) < 4.78 is 36.1. The topological polar surface area (TPSA) is 333 Å². The first kappa shape index (κ1) is 40.0. The maximum Gasteiger partial charge on any atom is 0.187 e. The largest absolute Gasteiger partial charge is 0.396 e. The van der Waals surface area contributed by atoms with Crippen molar-refractivity contribution in [3.8, 4) is 0 Å². The highest BCUT2D eigenvalue weighted by Crippen LogP contribution is 2.38. The summed E-state index contributed by atoms with van der Waals surface area (Å²) in [4.78, 5) is 0. The second-order valence-electron chi connectivity index (χ2n) is 13.3. The van der Waals surface area contributed by atoms with Gasteiger partial charge in [-0.2, -0.15) is 0 Å². The van der Waals surface area contributed by atoms with Gasteiger partial charge in [0.1, 0.15) is 48.8 Å². The van der Waals surface area contributed by atoms with E-state index in [0.29, 0.717) is 25.9 Å². The lowest BCUT2D eigenvalue weighted by atomic mass is 9.75. The first-order valence-corrected chi connectivity index (χ1v) is 16.7. The van der Waals surface area contributed by atoms with Gasteiger partial charge in [0.25, 0.3) is 0 Å². The molecule has 0 aromatic heterocycles. The molecule has 17 N–H and O–H groups in total. The molecule has 19 heteroatoms. The fourth-order valence-corrected chi connectivity index (χ4v) is 6.90. The molecule has 0 unspecified atom stereocenters. The molecule has 48 heavy (non-hydrogen) atoms. The van der Waals surface area contributed by atoms with Crippen molar-refractivity contribution in [1.82, 2.24) is 5.32 Å². The molecule has 0 amide bonds. The third-order valence-corrected chi connectivity index (χ3v) is 9.78. The summed E-state index contributed by atoms with van der Waals surface area (Å²) in [6, 6.07) is -2.52. The minimum Gasteiger partial charge on any atom is -0.396 e. The van der Waals surface area contributed by atoms with E-state index in [-0.39, 0.29) is 45.3 Å². The average Bonchev–Trinajstić information content (AvgIpc) is 3.38. The molecule has 3 aliphatic heterocycles. The van der Waals surface area contributed by atoms with Crippen LogP contribution < -0.4 is 28.3 Å². The SMILES string of the molecule is NC[C@@H]1O[C@H](O[C@H]2[C@@H](O)[C@H](O[C@@H]3[C@@H](O)[C@H](CC(CO)CO)C[C@H](N)[C@H]3O[C@H]3O[C@H](CNCCO)CC[C@H]3N)O[C@@H]2CO)[C@H](N)[C@@H](O)[C@@H]1O. The van der Waals surface area contributed by atoms with E-state index >= 15 is 0 Å². The van der Waals surface area contributed by atoms with Gasteiger partial charge in [-0.05, 0) is 31.6 Å². The number of nitrogens with two attached hydrogens (primary N) is 4. The van der Waals surface area contributed by atoms with Crippen LogP contribution in [0.1, 0.15) is 25.7 Å². The van der Waals surface area contributed by atoms with Crippen LogP contribution in [0.5, 0.6) is 0 Å². The van der Waals surface area contributed by atoms with Gasteiger partial charge in [0.15, 0.2) is 18.9 Å². The lowest BCUT2D eigenvalue weighted by Gasteiger charge is -2.47. The molecule has 19 nitrogen and oxygen atoms in total. The predicted octanol–water partition coefficient (Wildman–Crippen LogP) is -6.93. The van der Waals surface area contributed by atoms with Crippen molar-refractivity contribution in [2.45, 2.75) is 124 Å². The van der Waals surface area contributed by atoms with Gasteiger partial charge in [0.2, 0.25) is 0 Å². The van der Waals surface area contributed by atoms with E-state index in [9.17, 15) is 35.7 Å². The molecule has 3 heterocycles. The number of hydrogen-bond acceptors (Lipinski definition) is 19. The van der Waals surface area contributed by atoms with Crippen LogP contribution in [0.15, 0.2) is 0 Å². The third kappa shape index (κ3) is 9.36. The monoisotopic (exact) mass is 699 g/mol. The molecule has 0 aromatic carbocycles. The van der Waals surface area contributed by atoms with Gasteiger partial charge in [-0.25, -0.2) is 0 Å². The molecule has 3 saturated heterocycles. The maximum absolute atomic E-state index is 11.6. The summed E-state index contributed by atoms with van der Waals surface area (Å²) in [7, 11) is 0. The van der Waals surface area contributed by atoms with E-state index in [1.807, 2.05) is 0 Å². The van der Waals surface area contributed by atoms with Crippen molar-refractivity contribution >= 4 is 0 Å². The Kier molecular flexibility index (Phi) is 15.5. The van der Waals surface area contributed by atoms with Gasteiger partial charge in [-0.3, -0.25) is 0 Å². The Morgan fingerprint density at radius 3 is 2.02 bits per heavy atom. The highest BCUT2D eigenvalue weighted by Gasteiger charge is 2.54. The summed E-state index contributed by atoms with van der Waals surface area (Å²) >= 11 is 0. The fourth-order valence-electron chi connectivity index (χ4n) is 6.90. The summed E-state index contributed by atoms with van der Waals surface area (Å²) in [6.45, 7) is -0.632. The molecule has 0 aromatic rings. The van der Waals surface area contributed by atoms with Gasteiger partial charge in [-0.15, -0.1) is 0 Å². The number of rotatable bonds is 16. The van der Waals surface area contributed by atoms with E-state index in [1.165, 1.54) is 0 Å². The molecule has 4 fully saturated rings. The second kappa shape index (κ2) is 18.6. The average molecular weight is 700 g/mol. The Balaban J connectivity index is 1.52. The maximum atomic E-state index is 11.6. The zero-order chi connectivity index (χ0) is 35.1. The van der Waals surface area contributed by atoms with Crippen molar-refractivity contribution in [2.24, 2.45) is 34.8 Å². The quantitative estimate of drug-likeness (QED) is 0.0665. The Morgan fingerprint density at radius 1 is 0.708 bits per heavy atom. The molecular formula is C29H57N5O14. The molecule has 1 aliphatic carbocycles. The van der Waals surface area contributed by atoms with Crippen LogP contribution in [-0.2, 0) is 28.4 Å². The summed E-state index contributed by atoms with van der Waals surface area (Å²) in [6.07, 6.45) is -13.8. The number of ether oxygens (including phenoxy) is 6. The number of hydrogen-bond donors (Lipinski definition) is 13. The van der Waals surface area contributed by atoms with Crippen LogP contribution in [0, 0.1) is 11.8 Å². The Morgan fingerprint density at radius 2 is 1.38 bits per heavy atom. The van der Waals surface area contributed by atoms with Gasteiger partial charge in [0.05, 0.1) is 37.5 Å². The molecule has 4 rings (SSSR count). The summed E-state index contributed by atoms with van der Waals surface area (Å²) in [5, 5.41) is 85.3. The number of nitrogens with one attached hydrogen (secondary N) is 1. The van der Waals surface area contributed by atoms with Crippen LogP contribution in [0.4, 0.5) is 0 Å².